The fourth-order valence-electron chi connectivity index (χ4n) is 2.05. The van der Waals surface area contributed by atoms with Gasteiger partial charge in [0.2, 0.25) is 5.88 Å². The number of aryl methyl sites for hydroxylation is 2. The largest absolute Gasteiger partial charge is 0.481 e. The fraction of sp³-hybridized carbons (Fsp3) is 0.286. The maximum Gasteiger partial charge on any atom is 0.216 e. The van der Waals surface area contributed by atoms with E-state index in [0.717, 1.165) is 22.8 Å². The third-order valence-electron chi connectivity index (χ3n) is 3.04. The van der Waals surface area contributed by atoms with E-state index in [2.05, 4.69) is 10.4 Å². The van der Waals surface area contributed by atoms with Gasteiger partial charge in [-0.05, 0) is 25.1 Å². The van der Waals surface area contributed by atoms with E-state index in [0.29, 0.717) is 17.1 Å². The van der Waals surface area contributed by atoms with Gasteiger partial charge in [0.25, 0.3) is 0 Å². The number of halogens is 1. The van der Waals surface area contributed by atoms with Crippen LogP contribution in [0.4, 0.5) is 5.69 Å². The van der Waals surface area contributed by atoms with Crippen LogP contribution in [0.2, 0.25) is 5.02 Å². The Morgan fingerprint density at radius 1 is 1.50 bits per heavy atom. The number of aromatic nitrogens is 2. The molecule has 0 unspecified atom stereocenters. The molecule has 0 fully saturated rings. The summed E-state index contributed by atoms with van der Waals surface area (Å²) in [7, 11) is 3.46. The highest BCUT2D eigenvalue weighted by Gasteiger charge is 2.13. The van der Waals surface area contributed by atoms with Crippen molar-refractivity contribution in [3.8, 4) is 11.9 Å². The minimum Gasteiger partial charge on any atom is -0.481 e. The molecule has 0 spiro atoms. The number of nitrogens with zero attached hydrogens (tertiary/aromatic N) is 3. The first-order chi connectivity index (χ1) is 9.56. The maximum absolute atomic E-state index is 8.84. The molecule has 2 aromatic rings. The molecule has 0 saturated carbocycles. The minimum absolute atomic E-state index is 0.437. The van der Waals surface area contributed by atoms with Crippen LogP contribution in [0.15, 0.2) is 18.2 Å². The van der Waals surface area contributed by atoms with E-state index < -0.39 is 0 Å². The van der Waals surface area contributed by atoms with Gasteiger partial charge in [-0.3, -0.25) is 0 Å². The van der Waals surface area contributed by atoms with Crippen molar-refractivity contribution >= 4 is 17.3 Å². The average molecular weight is 291 g/mol. The molecular formula is C14H15ClN4O. The first-order valence-corrected chi connectivity index (χ1v) is 6.44. The van der Waals surface area contributed by atoms with Gasteiger partial charge in [-0.25, -0.2) is 4.68 Å². The Bertz CT molecular complexity index is 673. The Balaban J connectivity index is 2.17. The molecule has 0 saturated heterocycles. The van der Waals surface area contributed by atoms with Crippen LogP contribution in [0.25, 0.3) is 0 Å². The summed E-state index contributed by atoms with van der Waals surface area (Å²) < 4.78 is 7.04. The van der Waals surface area contributed by atoms with Crippen LogP contribution in [0.3, 0.4) is 0 Å². The molecule has 2 rings (SSSR count). The molecule has 1 aromatic heterocycles. The van der Waals surface area contributed by atoms with E-state index in [1.807, 2.05) is 26.1 Å². The molecule has 1 heterocycles. The van der Waals surface area contributed by atoms with Gasteiger partial charge in [0.15, 0.2) is 0 Å². The van der Waals surface area contributed by atoms with E-state index in [4.69, 9.17) is 21.6 Å². The van der Waals surface area contributed by atoms with E-state index in [9.17, 15) is 0 Å². The Morgan fingerprint density at radius 3 is 2.85 bits per heavy atom. The van der Waals surface area contributed by atoms with Crippen LogP contribution in [-0.2, 0) is 13.6 Å². The second-order valence-electron chi connectivity index (χ2n) is 4.36. The Hall–Kier alpha value is -2.19. The van der Waals surface area contributed by atoms with Gasteiger partial charge in [-0.2, -0.15) is 10.4 Å². The van der Waals surface area contributed by atoms with E-state index in [1.165, 1.54) is 0 Å². The normalized spacial score (nSPS) is 10.2. The van der Waals surface area contributed by atoms with Crippen molar-refractivity contribution in [1.29, 1.82) is 5.26 Å². The second kappa shape index (κ2) is 5.85. The zero-order chi connectivity index (χ0) is 14.7. The average Bonchev–Trinajstić information content (AvgIpc) is 2.70. The molecular weight excluding hydrogens is 276 g/mol. The molecule has 0 amide bonds. The van der Waals surface area contributed by atoms with Crippen molar-refractivity contribution in [2.24, 2.45) is 7.05 Å². The number of hydrogen-bond donors (Lipinski definition) is 1. The van der Waals surface area contributed by atoms with Gasteiger partial charge in [0.05, 0.1) is 29.0 Å². The Kier molecular flexibility index (Phi) is 4.16. The predicted molar refractivity (Wildman–Crippen MR) is 78.0 cm³/mol. The van der Waals surface area contributed by atoms with Crippen molar-refractivity contribution in [2.45, 2.75) is 13.5 Å². The molecule has 1 N–H and O–H groups in total. The summed E-state index contributed by atoms with van der Waals surface area (Å²) in [5.74, 6) is 0.731. The number of benzene rings is 1. The van der Waals surface area contributed by atoms with Crippen molar-refractivity contribution in [2.75, 3.05) is 12.4 Å². The molecule has 0 aliphatic rings. The first-order valence-electron chi connectivity index (χ1n) is 6.06. The Morgan fingerprint density at radius 2 is 2.25 bits per heavy atom. The molecule has 6 heteroatoms. The van der Waals surface area contributed by atoms with Gasteiger partial charge in [0.1, 0.15) is 6.07 Å². The van der Waals surface area contributed by atoms with Gasteiger partial charge in [0, 0.05) is 19.3 Å². The summed E-state index contributed by atoms with van der Waals surface area (Å²) in [6.45, 7) is 2.51. The van der Waals surface area contributed by atoms with Crippen LogP contribution in [0, 0.1) is 18.3 Å². The topological polar surface area (TPSA) is 62.9 Å². The summed E-state index contributed by atoms with van der Waals surface area (Å²) in [5, 5.41) is 16.9. The third-order valence-corrected chi connectivity index (χ3v) is 3.35. The SMILES string of the molecule is COc1c(CNc2ccc(C#N)c(Cl)c2)c(C)nn1C. The molecule has 0 radical (unpaired) electrons. The van der Waals surface area contributed by atoms with Crippen molar-refractivity contribution in [3.63, 3.8) is 0 Å². The molecule has 0 aliphatic heterocycles. The molecule has 104 valence electrons. The lowest BCUT2D eigenvalue weighted by molar-refractivity contribution is 0.370. The minimum atomic E-state index is 0.437. The molecule has 20 heavy (non-hydrogen) atoms. The summed E-state index contributed by atoms with van der Waals surface area (Å²) >= 11 is 6.00. The second-order valence-corrected chi connectivity index (χ2v) is 4.76. The standard InChI is InChI=1S/C14H15ClN4O/c1-9-12(14(20-3)19(2)18-9)8-17-11-5-4-10(7-16)13(15)6-11/h4-6,17H,8H2,1-3H3. The number of nitriles is 1. The number of nitrogens with one attached hydrogen (secondary N) is 1. The highest BCUT2D eigenvalue weighted by atomic mass is 35.5. The number of rotatable bonds is 4. The number of hydrogen-bond acceptors (Lipinski definition) is 4. The molecule has 5 nitrogen and oxygen atoms in total. The summed E-state index contributed by atoms with van der Waals surface area (Å²) in [5.41, 5.74) is 3.22. The molecule has 0 aliphatic carbocycles. The summed E-state index contributed by atoms with van der Waals surface area (Å²) in [6, 6.07) is 7.28. The van der Waals surface area contributed by atoms with Crippen molar-refractivity contribution < 1.29 is 4.74 Å². The summed E-state index contributed by atoms with van der Waals surface area (Å²) in [4.78, 5) is 0. The first kappa shape index (κ1) is 14.2. The van der Waals surface area contributed by atoms with Crippen LogP contribution < -0.4 is 10.1 Å². The zero-order valence-electron chi connectivity index (χ0n) is 11.6. The van der Waals surface area contributed by atoms with Crippen LogP contribution in [0.1, 0.15) is 16.8 Å². The van der Waals surface area contributed by atoms with Crippen molar-refractivity contribution in [3.05, 3.63) is 40.0 Å². The van der Waals surface area contributed by atoms with E-state index in [1.54, 1.807) is 23.9 Å². The zero-order valence-corrected chi connectivity index (χ0v) is 12.3. The third kappa shape index (κ3) is 2.70. The molecule has 0 bridgehead atoms. The van der Waals surface area contributed by atoms with E-state index >= 15 is 0 Å². The number of anilines is 1. The lowest BCUT2D eigenvalue weighted by Gasteiger charge is -2.09. The fourth-order valence-corrected chi connectivity index (χ4v) is 2.27. The predicted octanol–water partition coefficient (Wildman–Crippen LogP) is 2.87. The number of methoxy groups -OCH3 is 1. The lowest BCUT2D eigenvalue weighted by Crippen LogP contribution is -2.03. The number of ether oxygens (including phenoxy) is 1. The van der Waals surface area contributed by atoms with Crippen LogP contribution in [-0.4, -0.2) is 16.9 Å². The summed E-state index contributed by atoms with van der Waals surface area (Å²) in [6.07, 6.45) is 0. The highest BCUT2D eigenvalue weighted by molar-refractivity contribution is 6.32. The smallest absolute Gasteiger partial charge is 0.216 e. The molecule has 0 atom stereocenters. The maximum atomic E-state index is 8.84. The van der Waals surface area contributed by atoms with E-state index in [-0.39, 0.29) is 0 Å². The van der Waals surface area contributed by atoms with Crippen LogP contribution in [0.5, 0.6) is 5.88 Å². The quantitative estimate of drug-likeness (QED) is 0.940. The van der Waals surface area contributed by atoms with Crippen molar-refractivity contribution in [1.82, 2.24) is 9.78 Å². The highest BCUT2D eigenvalue weighted by Crippen LogP contribution is 2.24. The molecule has 1 aromatic carbocycles. The van der Waals surface area contributed by atoms with Crippen LogP contribution >= 0.6 is 11.6 Å². The van der Waals surface area contributed by atoms with Gasteiger partial charge < -0.3 is 10.1 Å². The monoisotopic (exact) mass is 290 g/mol. The van der Waals surface area contributed by atoms with Gasteiger partial charge in [-0.1, -0.05) is 11.6 Å². The lowest BCUT2D eigenvalue weighted by atomic mass is 10.2. The van der Waals surface area contributed by atoms with Gasteiger partial charge in [-0.15, -0.1) is 0 Å². The van der Waals surface area contributed by atoms with Gasteiger partial charge >= 0.3 is 0 Å². The Labute approximate surface area is 122 Å².